The van der Waals surface area contributed by atoms with Crippen LogP contribution in [0.3, 0.4) is 0 Å². The Morgan fingerprint density at radius 1 is 1.45 bits per heavy atom. The summed E-state index contributed by atoms with van der Waals surface area (Å²) in [5, 5.41) is 11.9. The number of amides is 1. The normalized spacial score (nSPS) is 11.9. The first-order valence-corrected chi connectivity index (χ1v) is 7.57. The van der Waals surface area contributed by atoms with Gasteiger partial charge in [-0.05, 0) is 25.8 Å². The molecule has 0 radical (unpaired) electrons. The van der Waals surface area contributed by atoms with Crippen molar-refractivity contribution in [2.75, 3.05) is 6.61 Å². The highest BCUT2D eigenvalue weighted by Crippen LogP contribution is 2.29. The van der Waals surface area contributed by atoms with Crippen LogP contribution in [0.4, 0.5) is 0 Å². The molecule has 0 saturated carbocycles. The van der Waals surface area contributed by atoms with E-state index in [0.717, 1.165) is 24.1 Å². The van der Waals surface area contributed by atoms with Gasteiger partial charge >= 0.3 is 5.97 Å². The minimum Gasteiger partial charge on any atom is -0.482 e. The SMILES string of the molecule is CCCC(C)NC(=O)COc1cc(CC)sc1C(=O)O. The first-order chi connectivity index (χ1) is 9.47. The quantitative estimate of drug-likeness (QED) is 0.774. The monoisotopic (exact) mass is 299 g/mol. The number of rotatable bonds is 8. The fraction of sp³-hybridized carbons (Fsp3) is 0.571. The van der Waals surface area contributed by atoms with Crippen molar-refractivity contribution in [1.29, 1.82) is 0 Å². The van der Waals surface area contributed by atoms with Crippen LogP contribution in [0.25, 0.3) is 0 Å². The van der Waals surface area contributed by atoms with Crippen molar-refractivity contribution in [3.63, 3.8) is 0 Å². The van der Waals surface area contributed by atoms with E-state index in [2.05, 4.69) is 12.2 Å². The lowest BCUT2D eigenvalue weighted by Gasteiger charge is -2.13. The Balaban J connectivity index is 2.58. The van der Waals surface area contributed by atoms with E-state index in [-0.39, 0.29) is 29.2 Å². The van der Waals surface area contributed by atoms with Gasteiger partial charge < -0.3 is 15.2 Å². The molecule has 1 atom stereocenters. The molecule has 5 nitrogen and oxygen atoms in total. The van der Waals surface area contributed by atoms with Gasteiger partial charge in [-0.2, -0.15) is 0 Å². The lowest BCUT2D eigenvalue weighted by molar-refractivity contribution is -0.123. The number of hydrogen-bond acceptors (Lipinski definition) is 4. The second-order valence-corrected chi connectivity index (χ2v) is 5.75. The molecule has 112 valence electrons. The largest absolute Gasteiger partial charge is 0.482 e. The van der Waals surface area contributed by atoms with Gasteiger partial charge in [-0.15, -0.1) is 11.3 Å². The first-order valence-electron chi connectivity index (χ1n) is 6.76. The number of ether oxygens (including phenoxy) is 1. The molecular weight excluding hydrogens is 278 g/mol. The molecule has 0 spiro atoms. The van der Waals surface area contributed by atoms with Gasteiger partial charge in [-0.3, -0.25) is 4.79 Å². The van der Waals surface area contributed by atoms with Crippen LogP contribution in [-0.2, 0) is 11.2 Å². The Morgan fingerprint density at radius 2 is 2.15 bits per heavy atom. The fourth-order valence-electron chi connectivity index (χ4n) is 1.82. The van der Waals surface area contributed by atoms with Crippen LogP contribution >= 0.6 is 11.3 Å². The summed E-state index contributed by atoms with van der Waals surface area (Å²) < 4.78 is 5.34. The van der Waals surface area contributed by atoms with Crippen molar-refractivity contribution < 1.29 is 19.4 Å². The molecule has 0 saturated heterocycles. The smallest absolute Gasteiger partial charge is 0.349 e. The van der Waals surface area contributed by atoms with Crippen molar-refractivity contribution >= 4 is 23.2 Å². The summed E-state index contributed by atoms with van der Waals surface area (Å²) in [5.41, 5.74) is 0. The van der Waals surface area contributed by atoms with Gasteiger partial charge in [-0.25, -0.2) is 4.79 Å². The third-order valence-electron chi connectivity index (χ3n) is 2.78. The summed E-state index contributed by atoms with van der Waals surface area (Å²) >= 11 is 1.19. The van der Waals surface area contributed by atoms with E-state index in [1.165, 1.54) is 11.3 Å². The summed E-state index contributed by atoms with van der Waals surface area (Å²) in [7, 11) is 0. The number of carbonyl (C=O) groups is 2. The molecular formula is C14H21NO4S. The lowest BCUT2D eigenvalue weighted by atomic mass is 10.2. The maximum atomic E-state index is 11.7. The second kappa shape index (κ2) is 7.89. The van der Waals surface area contributed by atoms with E-state index < -0.39 is 5.97 Å². The van der Waals surface area contributed by atoms with Crippen molar-refractivity contribution in [2.24, 2.45) is 0 Å². The van der Waals surface area contributed by atoms with Crippen LogP contribution in [0.2, 0.25) is 0 Å². The zero-order valence-corrected chi connectivity index (χ0v) is 12.9. The van der Waals surface area contributed by atoms with E-state index in [1.807, 2.05) is 13.8 Å². The van der Waals surface area contributed by atoms with Crippen molar-refractivity contribution in [2.45, 2.75) is 46.1 Å². The number of carbonyl (C=O) groups excluding carboxylic acids is 1. The topological polar surface area (TPSA) is 75.6 Å². The standard InChI is InChI=1S/C14H21NO4S/c1-4-6-9(3)15-12(16)8-19-11-7-10(5-2)20-13(11)14(17)18/h7,9H,4-6,8H2,1-3H3,(H,15,16)(H,17,18). The van der Waals surface area contributed by atoms with Gasteiger partial charge in [0.15, 0.2) is 11.5 Å². The summed E-state index contributed by atoms with van der Waals surface area (Å²) in [6.45, 7) is 5.77. The van der Waals surface area contributed by atoms with Crippen molar-refractivity contribution in [3.05, 3.63) is 15.8 Å². The Bertz CT molecular complexity index is 470. The minimum absolute atomic E-state index is 0.101. The third-order valence-corrected chi connectivity index (χ3v) is 4.03. The molecule has 0 aliphatic rings. The number of carboxylic acid groups (broad SMARTS) is 1. The zero-order chi connectivity index (χ0) is 15.1. The number of carboxylic acids is 1. The van der Waals surface area contributed by atoms with E-state index in [9.17, 15) is 9.59 Å². The van der Waals surface area contributed by atoms with E-state index >= 15 is 0 Å². The zero-order valence-electron chi connectivity index (χ0n) is 12.1. The van der Waals surface area contributed by atoms with Crippen molar-refractivity contribution in [3.8, 4) is 5.75 Å². The highest BCUT2D eigenvalue weighted by molar-refractivity contribution is 7.14. The van der Waals surface area contributed by atoms with Gasteiger partial charge in [0, 0.05) is 10.9 Å². The highest BCUT2D eigenvalue weighted by Gasteiger charge is 2.17. The maximum absolute atomic E-state index is 11.7. The summed E-state index contributed by atoms with van der Waals surface area (Å²) in [4.78, 5) is 23.8. The number of aromatic carboxylic acids is 1. The molecule has 0 aliphatic heterocycles. The molecule has 0 aliphatic carbocycles. The van der Waals surface area contributed by atoms with Gasteiger partial charge in [0.05, 0.1) is 0 Å². The number of aryl methyl sites for hydroxylation is 1. The van der Waals surface area contributed by atoms with Gasteiger partial charge in [0.2, 0.25) is 0 Å². The van der Waals surface area contributed by atoms with Crippen LogP contribution in [0.15, 0.2) is 6.07 Å². The van der Waals surface area contributed by atoms with E-state index in [4.69, 9.17) is 9.84 Å². The molecule has 1 rings (SSSR count). The summed E-state index contributed by atoms with van der Waals surface area (Å²) in [6, 6.07) is 1.79. The molecule has 1 aromatic rings. The molecule has 1 amide bonds. The molecule has 1 unspecified atom stereocenters. The number of thiophene rings is 1. The highest BCUT2D eigenvalue weighted by atomic mass is 32.1. The van der Waals surface area contributed by atoms with Crippen molar-refractivity contribution in [1.82, 2.24) is 5.32 Å². The Labute approximate surface area is 123 Å². The van der Waals surface area contributed by atoms with E-state index in [1.54, 1.807) is 6.07 Å². The van der Waals surface area contributed by atoms with Crippen LogP contribution in [0.1, 0.15) is 48.2 Å². The Morgan fingerprint density at radius 3 is 2.70 bits per heavy atom. The average Bonchev–Trinajstić information content (AvgIpc) is 2.80. The molecule has 20 heavy (non-hydrogen) atoms. The molecule has 1 heterocycles. The Kier molecular flexibility index (Phi) is 6.51. The summed E-state index contributed by atoms with van der Waals surface area (Å²) in [6.07, 6.45) is 2.65. The van der Waals surface area contributed by atoms with Gasteiger partial charge in [-0.1, -0.05) is 20.3 Å². The molecule has 0 aromatic carbocycles. The van der Waals surface area contributed by atoms with Gasteiger partial charge in [0.25, 0.3) is 5.91 Å². The number of nitrogens with one attached hydrogen (secondary N) is 1. The van der Waals surface area contributed by atoms with E-state index in [0.29, 0.717) is 0 Å². The summed E-state index contributed by atoms with van der Waals surface area (Å²) in [5.74, 6) is -0.978. The minimum atomic E-state index is -1.02. The predicted octanol–water partition coefficient (Wildman–Crippen LogP) is 2.69. The number of hydrogen-bond donors (Lipinski definition) is 2. The molecule has 0 fully saturated rings. The molecule has 0 bridgehead atoms. The first kappa shape index (κ1) is 16.5. The van der Waals surface area contributed by atoms with Crippen LogP contribution in [0, 0.1) is 0 Å². The second-order valence-electron chi connectivity index (χ2n) is 4.61. The van der Waals surface area contributed by atoms with Crippen LogP contribution < -0.4 is 10.1 Å². The van der Waals surface area contributed by atoms with Gasteiger partial charge in [0.1, 0.15) is 5.75 Å². The maximum Gasteiger partial charge on any atom is 0.349 e. The molecule has 6 heteroatoms. The molecule has 2 N–H and O–H groups in total. The predicted molar refractivity (Wildman–Crippen MR) is 78.7 cm³/mol. The van der Waals surface area contributed by atoms with Crippen LogP contribution in [-0.4, -0.2) is 29.6 Å². The van der Waals surface area contributed by atoms with Crippen LogP contribution in [0.5, 0.6) is 5.75 Å². The lowest BCUT2D eigenvalue weighted by Crippen LogP contribution is -2.36. The molecule has 1 aromatic heterocycles. The third kappa shape index (κ3) is 4.85. The Hall–Kier alpha value is -1.56. The fourth-order valence-corrected chi connectivity index (χ4v) is 2.70. The average molecular weight is 299 g/mol.